The lowest BCUT2D eigenvalue weighted by atomic mass is 10.2. The molecule has 0 unspecified atom stereocenters. The van der Waals surface area contributed by atoms with Crippen molar-refractivity contribution in [1.82, 2.24) is 4.98 Å². The second-order valence-corrected chi connectivity index (χ2v) is 5.88. The van der Waals surface area contributed by atoms with Crippen molar-refractivity contribution in [2.75, 3.05) is 19.0 Å². The number of carbonyl (C=O) groups is 1. The molecule has 1 N–H and O–H groups in total. The molecule has 1 amide bonds. The van der Waals surface area contributed by atoms with Gasteiger partial charge in [0.1, 0.15) is 12.3 Å². The molecule has 0 aliphatic heterocycles. The van der Waals surface area contributed by atoms with E-state index in [9.17, 15) is 4.79 Å². The molecule has 28 heavy (non-hydrogen) atoms. The Morgan fingerprint density at radius 2 is 1.82 bits per heavy atom. The highest BCUT2D eigenvalue weighted by molar-refractivity contribution is 6.05. The first-order valence-corrected chi connectivity index (χ1v) is 8.95. The van der Waals surface area contributed by atoms with E-state index < -0.39 is 0 Å². The van der Waals surface area contributed by atoms with Gasteiger partial charge in [0.25, 0.3) is 5.91 Å². The van der Waals surface area contributed by atoms with Crippen LogP contribution in [0.15, 0.2) is 66.9 Å². The Bertz CT molecular complexity index is 929. The van der Waals surface area contributed by atoms with Gasteiger partial charge < -0.3 is 19.5 Å². The Morgan fingerprint density at radius 3 is 2.57 bits per heavy atom. The fraction of sp³-hybridized carbons (Fsp3) is 0.182. The summed E-state index contributed by atoms with van der Waals surface area (Å²) in [6.45, 7) is 2.73. The first kappa shape index (κ1) is 19.2. The SMILES string of the molecule is CCOc1ncccc1NC(=O)c1ccc(OCc2ccccc2)c(OC)c1. The third kappa shape index (κ3) is 4.79. The van der Waals surface area contributed by atoms with Crippen molar-refractivity contribution < 1.29 is 19.0 Å². The second kappa shape index (κ2) is 9.41. The van der Waals surface area contributed by atoms with Gasteiger partial charge in [0, 0.05) is 11.8 Å². The van der Waals surface area contributed by atoms with Gasteiger partial charge in [0.15, 0.2) is 11.5 Å². The number of carbonyl (C=O) groups excluding carboxylic acids is 1. The zero-order valence-electron chi connectivity index (χ0n) is 15.8. The van der Waals surface area contributed by atoms with Crippen molar-refractivity contribution in [3.05, 3.63) is 78.0 Å². The molecule has 0 radical (unpaired) electrons. The molecule has 0 fully saturated rings. The molecule has 0 aliphatic rings. The number of nitrogens with one attached hydrogen (secondary N) is 1. The van der Waals surface area contributed by atoms with Gasteiger partial charge in [-0.1, -0.05) is 30.3 Å². The average Bonchev–Trinajstić information content (AvgIpc) is 2.74. The summed E-state index contributed by atoms with van der Waals surface area (Å²) in [7, 11) is 1.54. The Balaban J connectivity index is 1.73. The second-order valence-electron chi connectivity index (χ2n) is 5.88. The standard InChI is InChI=1S/C22H22N2O4/c1-3-27-22-18(10-7-13-23-22)24-21(25)17-11-12-19(20(14-17)26-2)28-15-16-8-5-4-6-9-16/h4-14H,3,15H2,1-2H3,(H,24,25). The van der Waals surface area contributed by atoms with Crippen LogP contribution in [0.25, 0.3) is 0 Å². The van der Waals surface area contributed by atoms with Crippen molar-refractivity contribution in [1.29, 1.82) is 0 Å². The van der Waals surface area contributed by atoms with E-state index in [0.717, 1.165) is 5.56 Å². The van der Waals surface area contributed by atoms with Crippen LogP contribution in [0, 0.1) is 0 Å². The number of hydrogen-bond acceptors (Lipinski definition) is 5. The van der Waals surface area contributed by atoms with Crippen LogP contribution < -0.4 is 19.5 Å². The predicted octanol–water partition coefficient (Wildman–Crippen LogP) is 4.32. The van der Waals surface area contributed by atoms with Crippen LogP contribution in [0.5, 0.6) is 17.4 Å². The van der Waals surface area contributed by atoms with Crippen LogP contribution >= 0.6 is 0 Å². The van der Waals surface area contributed by atoms with Gasteiger partial charge in [0.2, 0.25) is 5.88 Å². The monoisotopic (exact) mass is 378 g/mol. The maximum absolute atomic E-state index is 12.6. The van der Waals surface area contributed by atoms with Crippen molar-refractivity contribution >= 4 is 11.6 Å². The van der Waals surface area contributed by atoms with E-state index in [-0.39, 0.29) is 5.91 Å². The molecule has 1 heterocycles. The molecule has 6 heteroatoms. The number of ether oxygens (including phenoxy) is 3. The van der Waals surface area contributed by atoms with Gasteiger partial charge >= 0.3 is 0 Å². The molecule has 0 aliphatic carbocycles. The van der Waals surface area contributed by atoms with E-state index in [2.05, 4.69) is 10.3 Å². The third-order valence-electron chi connectivity index (χ3n) is 3.96. The summed E-state index contributed by atoms with van der Waals surface area (Å²) in [4.78, 5) is 16.8. The van der Waals surface area contributed by atoms with Crippen LogP contribution in [0.3, 0.4) is 0 Å². The summed E-state index contributed by atoms with van der Waals surface area (Å²) < 4.78 is 16.7. The van der Waals surface area contributed by atoms with Gasteiger partial charge in [-0.15, -0.1) is 0 Å². The maximum atomic E-state index is 12.6. The molecule has 0 bridgehead atoms. The van der Waals surface area contributed by atoms with Crippen molar-refractivity contribution in [3.63, 3.8) is 0 Å². The molecule has 3 aromatic rings. The Kier molecular flexibility index (Phi) is 6.46. The van der Waals surface area contributed by atoms with E-state index in [0.29, 0.717) is 41.8 Å². The number of benzene rings is 2. The molecule has 0 atom stereocenters. The summed E-state index contributed by atoms with van der Waals surface area (Å²) in [6, 6.07) is 18.4. The number of rotatable bonds is 8. The maximum Gasteiger partial charge on any atom is 0.255 e. The third-order valence-corrected chi connectivity index (χ3v) is 3.96. The van der Waals surface area contributed by atoms with Crippen LogP contribution in [0.1, 0.15) is 22.8 Å². The number of anilines is 1. The fourth-order valence-corrected chi connectivity index (χ4v) is 2.60. The highest BCUT2D eigenvalue weighted by atomic mass is 16.5. The average molecular weight is 378 g/mol. The van der Waals surface area contributed by atoms with Gasteiger partial charge in [-0.3, -0.25) is 4.79 Å². The van der Waals surface area contributed by atoms with E-state index in [1.54, 1.807) is 43.6 Å². The Labute approximate surface area is 164 Å². The number of amides is 1. The fourth-order valence-electron chi connectivity index (χ4n) is 2.60. The van der Waals surface area contributed by atoms with Crippen LogP contribution in [-0.2, 0) is 6.61 Å². The first-order chi connectivity index (χ1) is 13.7. The molecule has 3 rings (SSSR count). The van der Waals surface area contributed by atoms with E-state index in [1.807, 2.05) is 37.3 Å². The van der Waals surface area contributed by atoms with E-state index >= 15 is 0 Å². The lowest BCUT2D eigenvalue weighted by molar-refractivity contribution is 0.102. The number of pyridine rings is 1. The Hall–Kier alpha value is -3.54. The zero-order chi connectivity index (χ0) is 19.8. The molecule has 0 saturated heterocycles. The number of aromatic nitrogens is 1. The summed E-state index contributed by atoms with van der Waals surface area (Å²) >= 11 is 0. The Morgan fingerprint density at radius 1 is 1.00 bits per heavy atom. The predicted molar refractivity (Wildman–Crippen MR) is 107 cm³/mol. The largest absolute Gasteiger partial charge is 0.493 e. The number of hydrogen-bond donors (Lipinski definition) is 1. The van der Waals surface area contributed by atoms with Gasteiger partial charge in [-0.2, -0.15) is 0 Å². The van der Waals surface area contributed by atoms with Crippen LogP contribution in [0.4, 0.5) is 5.69 Å². The minimum Gasteiger partial charge on any atom is -0.493 e. The topological polar surface area (TPSA) is 69.7 Å². The van der Waals surface area contributed by atoms with Crippen molar-refractivity contribution in [3.8, 4) is 17.4 Å². The zero-order valence-corrected chi connectivity index (χ0v) is 15.8. The molecule has 6 nitrogen and oxygen atoms in total. The van der Waals surface area contributed by atoms with Gasteiger partial charge in [-0.25, -0.2) is 4.98 Å². The van der Waals surface area contributed by atoms with Gasteiger partial charge in [0.05, 0.1) is 13.7 Å². The lowest BCUT2D eigenvalue weighted by Gasteiger charge is -2.13. The minimum absolute atomic E-state index is 0.290. The molecule has 144 valence electrons. The van der Waals surface area contributed by atoms with Crippen LogP contribution in [-0.4, -0.2) is 24.6 Å². The first-order valence-electron chi connectivity index (χ1n) is 8.95. The van der Waals surface area contributed by atoms with Crippen LogP contribution in [0.2, 0.25) is 0 Å². The van der Waals surface area contributed by atoms with Crippen molar-refractivity contribution in [2.45, 2.75) is 13.5 Å². The molecular formula is C22H22N2O4. The quantitative estimate of drug-likeness (QED) is 0.632. The highest BCUT2D eigenvalue weighted by Crippen LogP contribution is 2.29. The summed E-state index contributed by atoms with van der Waals surface area (Å²) in [5, 5.41) is 2.82. The van der Waals surface area contributed by atoms with Gasteiger partial charge in [-0.05, 0) is 42.8 Å². The molecule has 0 saturated carbocycles. The molecule has 1 aromatic heterocycles. The normalized spacial score (nSPS) is 10.2. The molecular weight excluding hydrogens is 356 g/mol. The lowest BCUT2D eigenvalue weighted by Crippen LogP contribution is -2.13. The molecule has 2 aromatic carbocycles. The molecule has 0 spiro atoms. The number of nitrogens with zero attached hydrogens (tertiary/aromatic N) is 1. The summed E-state index contributed by atoms with van der Waals surface area (Å²) in [5.74, 6) is 1.15. The van der Waals surface area contributed by atoms with E-state index in [4.69, 9.17) is 14.2 Å². The number of methoxy groups -OCH3 is 1. The smallest absolute Gasteiger partial charge is 0.255 e. The van der Waals surface area contributed by atoms with E-state index in [1.165, 1.54) is 0 Å². The highest BCUT2D eigenvalue weighted by Gasteiger charge is 2.14. The summed E-state index contributed by atoms with van der Waals surface area (Å²) in [5.41, 5.74) is 2.00. The van der Waals surface area contributed by atoms with Crippen molar-refractivity contribution in [2.24, 2.45) is 0 Å². The summed E-state index contributed by atoms with van der Waals surface area (Å²) in [6.07, 6.45) is 1.61. The minimum atomic E-state index is -0.290.